The quantitative estimate of drug-likeness (QED) is 0.107. The number of aromatic hydroxyl groups is 1. The summed E-state index contributed by atoms with van der Waals surface area (Å²) in [6.45, 7) is 0. The number of hydrogen-bond acceptors (Lipinski definition) is 7. The van der Waals surface area contributed by atoms with Crippen LogP contribution in [0.5, 0.6) is 11.5 Å². The third-order valence-corrected chi connectivity index (χ3v) is 12.7. The van der Waals surface area contributed by atoms with Crippen molar-refractivity contribution in [3.8, 4) is 11.5 Å². The van der Waals surface area contributed by atoms with E-state index >= 15 is 8.78 Å². The SMILES string of the molecule is COc1cc(C2C3=CCC4C(=O)N(C(N)=O)C(=O)C4C3CC3(Cl)C(=O)N(c4c(F)c(F)c(F)c(F)c4F)C(=O)C23Cl)c(Br)c(Br)c1O. The number of likely N-dealkylation sites (tertiary alicyclic amines) is 1. The van der Waals surface area contributed by atoms with Gasteiger partial charge in [0.2, 0.25) is 17.6 Å². The van der Waals surface area contributed by atoms with Crippen molar-refractivity contribution < 1.29 is 55.8 Å². The first-order valence-electron chi connectivity index (χ1n) is 13.3. The summed E-state index contributed by atoms with van der Waals surface area (Å²) in [5, 5.41) is 10.6. The maximum Gasteiger partial charge on any atom is 0.328 e. The topological polar surface area (TPSA) is 147 Å². The molecule has 3 fully saturated rings. The number of phenols is 1. The second kappa shape index (κ2) is 10.9. The van der Waals surface area contributed by atoms with Gasteiger partial charge in [0.1, 0.15) is 5.69 Å². The second-order valence-corrected chi connectivity index (χ2v) is 14.0. The smallest absolute Gasteiger partial charge is 0.328 e. The van der Waals surface area contributed by atoms with Crippen LogP contribution in [0.15, 0.2) is 26.7 Å². The first kappa shape index (κ1) is 33.6. The van der Waals surface area contributed by atoms with Crippen molar-refractivity contribution in [2.75, 3.05) is 12.0 Å². The molecule has 10 nitrogen and oxygen atoms in total. The van der Waals surface area contributed by atoms with Crippen LogP contribution in [0.25, 0.3) is 0 Å². The first-order valence-corrected chi connectivity index (χ1v) is 15.6. The van der Waals surface area contributed by atoms with Crippen LogP contribution in [0.1, 0.15) is 24.3 Å². The Hall–Kier alpha value is -3.28. The number of ether oxygens (including phenoxy) is 1. The monoisotopic (exact) mass is 829 g/mol. The summed E-state index contributed by atoms with van der Waals surface area (Å²) < 4.78 is 78.1. The molecular weight excluding hydrogens is 816 g/mol. The maximum atomic E-state index is 15.1. The molecule has 6 rings (SSSR count). The van der Waals surface area contributed by atoms with Gasteiger partial charge < -0.3 is 15.6 Å². The van der Waals surface area contributed by atoms with E-state index < -0.39 is 110 Å². The number of nitrogens with zero attached hydrogens (tertiary/aromatic N) is 2. The fraction of sp³-hybridized carbons (Fsp3) is 0.321. The lowest BCUT2D eigenvalue weighted by molar-refractivity contribution is -0.136. The van der Waals surface area contributed by atoms with Gasteiger partial charge in [-0.2, -0.15) is 4.90 Å². The van der Waals surface area contributed by atoms with Gasteiger partial charge >= 0.3 is 6.03 Å². The summed E-state index contributed by atoms with van der Waals surface area (Å²) in [6, 6.07) is -0.197. The zero-order chi connectivity index (χ0) is 34.8. The molecule has 6 unspecified atom stereocenters. The van der Waals surface area contributed by atoms with Crippen LogP contribution < -0.4 is 15.4 Å². The van der Waals surface area contributed by atoms with Crippen LogP contribution in [-0.2, 0) is 19.2 Å². The predicted molar refractivity (Wildman–Crippen MR) is 158 cm³/mol. The number of phenolic OH excluding ortho intramolecular Hbond substituents is 1. The highest BCUT2D eigenvalue weighted by molar-refractivity contribution is 9.13. The van der Waals surface area contributed by atoms with Gasteiger partial charge in [0.05, 0.1) is 23.4 Å². The van der Waals surface area contributed by atoms with Gasteiger partial charge in [0.15, 0.2) is 44.5 Å². The summed E-state index contributed by atoms with van der Waals surface area (Å²) in [5.41, 5.74) is 3.40. The standard InChI is InChI=1S/C28H16Br2Cl2F5N3O7/c1-47-10-4-8(13(29)14(30)21(10)41)12-6-2-3-7-11(23(43)40(22(7)42)26(38)46)9(6)5-27(31)24(44)39(25(45)28(12,27)32)20-18(36)16(34)15(33)17(35)19(20)37/h2,4,7,9,11-12,41H,3,5H2,1H3,(H2,38,46). The average molecular weight is 832 g/mol. The molecule has 248 valence electrons. The molecule has 1 saturated carbocycles. The molecule has 2 aliphatic heterocycles. The first-order chi connectivity index (χ1) is 21.9. The highest BCUT2D eigenvalue weighted by Gasteiger charge is 2.77. The number of carbonyl (C=O) groups excluding carboxylic acids is 5. The van der Waals surface area contributed by atoms with Gasteiger partial charge in [-0.15, -0.1) is 23.2 Å². The summed E-state index contributed by atoms with van der Waals surface area (Å²) >= 11 is 20.5. The van der Waals surface area contributed by atoms with E-state index in [0.29, 0.717) is 0 Å². The average Bonchev–Trinajstić information content (AvgIpc) is 3.37. The number of rotatable bonds is 3. The summed E-state index contributed by atoms with van der Waals surface area (Å²) in [4.78, 5) is 61.4. The second-order valence-electron chi connectivity index (χ2n) is 11.2. The molecular formula is C28H16Br2Cl2F5N3O7. The Kier molecular flexibility index (Phi) is 7.77. The van der Waals surface area contributed by atoms with Gasteiger partial charge in [-0.3, -0.25) is 19.2 Å². The Bertz CT molecular complexity index is 1910. The number of amides is 6. The number of allylic oxidation sites excluding steroid dienone is 2. The zero-order valence-electron chi connectivity index (χ0n) is 23.1. The Balaban J connectivity index is 1.66. The minimum Gasteiger partial charge on any atom is -0.503 e. The van der Waals surface area contributed by atoms with Crippen molar-refractivity contribution in [1.29, 1.82) is 0 Å². The van der Waals surface area contributed by atoms with E-state index in [0.717, 1.165) is 0 Å². The van der Waals surface area contributed by atoms with Crippen molar-refractivity contribution in [3.05, 3.63) is 61.3 Å². The minimum atomic E-state index is -2.82. The van der Waals surface area contributed by atoms with Crippen molar-refractivity contribution in [3.63, 3.8) is 0 Å². The number of methoxy groups -OCH3 is 1. The van der Waals surface area contributed by atoms with Crippen molar-refractivity contribution in [1.82, 2.24) is 4.90 Å². The van der Waals surface area contributed by atoms with E-state index in [1.165, 1.54) is 19.3 Å². The lowest BCUT2D eigenvalue weighted by Gasteiger charge is -2.51. The number of imide groups is 4. The van der Waals surface area contributed by atoms with Gasteiger partial charge in [0, 0.05) is 10.4 Å². The van der Waals surface area contributed by atoms with Gasteiger partial charge in [0.25, 0.3) is 11.8 Å². The number of halogens is 9. The Morgan fingerprint density at radius 3 is 2.09 bits per heavy atom. The molecule has 2 aliphatic carbocycles. The molecule has 0 aromatic heterocycles. The third kappa shape index (κ3) is 4.08. The number of urea groups is 1. The van der Waals surface area contributed by atoms with Crippen LogP contribution in [0.3, 0.4) is 0 Å². The van der Waals surface area contributed by atoms with E-state index in [2.05, 4.69) is 31.9 Å². The van der Waals surface area contributed by atoms with Crippen molar-refractivity contribution >= 4 is 90.4 Å². The molecule has 2 aromatic carbocycles. The van der Waals surface area contributed by atoms with Crippen LogP contribution in [0.2, 0.25) is 0 Å². The number of hydrogen-bond donors (Lipinski definition) is 2. The third-order valence-electron chi connectivity index (χ3n) is 9.15. The van der Waals surface area contributed by atoms with Crippen LogP contribution in [-0.4, -0.2) is 56.5 Å². The summed E-state index contributed by atoms with van der Waals surface area (Å²) in [5.74, 6) is -24.1. The summed E-state index contributed by atoms with van der Waals surface area (Å²) in [7, 11) is 1.17. The minimum absolute atomic E-state index is 0.00830. The van der Waals surface area contributed by atoms with Crippen molar-refractivity contribution in [2.45, 2.75) is 28.5 Å². The fourth-order valence-electron chi connectivity index (χ4n) is 7.11. The Morgan fingerprint density at radius 1 is 0.957 bits per heavy atom. The van der Waals surface area contributed by atoms with E-state index in [1.807, 2.05) is 0 Å². The molecule has 0 spiro atoms. The Morgan fingerprint density at radius 2 is 1.53 bits per heavy atom. The van der Waals surface area contributed by atoms with Crippen LogP contribution in [0, 0.1) is 46.8 Å². The largest absolute Gasteiger partial charge is 0.503 e. The number of anilines is 1. The molecule has 2 saturated heterocycles. The van der Waals surface area contributed by atoms with Crippen LogP contribution >= 0.6 is 55.1 Å². The molecule has 3 N–H and O–H groups in total. The zero-order valence-corrected chi connectivity index (χ0v) is 27.8. The van der Waals surface area contributed by atoms with Gasteiger partial charge in [-0.05, 0) is 62.2 Å². The molecule has 2 aromatic rings. The van der Waals surface area contributed by atoms with Gasteiger partial charge in [-0.1, -0.05) is 11.6 Å². The Labute approximate surface area is 286 Å². The molecule has 0 bridgehead atoms. The highest BCUT2D eigenvalue weighted by atomic mass is 79.9. The van der Waals surface area contributed by atoms with Crippen molar-refractivity contribution in [2.24, 2.45) is 23.5 Å². The van der Waals surface area contributed by atoms with Crippen LogP contribution in [0.4, 0.5) is 32.4 Å². The number of benzene rings is 2. The number of alkyl halides is 2. The number of nitrogens with two attached hydrogens (primary N) is 1. The number of carbonyl (C=O) groups is 5. The number of primary amides is 1. The van der Waals surface area contributed by atoms with Gasteiger partial charge in [-0.25, -0.2) is 31.6 Å². The van der Waals surface area contributed by atoms with E-state index in [9.17, 15) is 42.3 Å². The molecule has 2 heterocycles. The number of fused-ring (bicyclic) bond motifs is 4. The predicted octanol–water partition coefficient (Wildman–Crippen LogP) is 5.26. The molecule has 6 amide bonds. The molecule has 19 heteroatoms. The summed E-state index contributed by atoms with van der Waals surface area (Å²) in [6.07, 6.45) is 0.435. The fourth-order valence-corrected chi connectivity index (χ4v) is 8.99. The van der Waals surface area contributed by atoms with E-state index in [-0.39, 0.29) is 42.1 Å². The highest BCUT2D eigenvalue weighted by Crippen LogP contribution is 2.67. The molecule has 47 heavy (non-hydrogen) atoms. The lowest BCUT2D eigenvalue weighted by Crippen LogP contribution is -2.60. The molecule has 6 atom stereocenters. The normalized spacial score (nSPS) is 30.0. The van der Waals surface area contributed by atoms with E-state index in [4.69, 9.17) is 33.7 Å². The molecule has 0 radical (unpaired) electrons. The lowest BCUT2D eigenvalue weighted by atomic mass is 9.56. The maximum absolute atomic E-state index is 15.1. The van der Waals surface area contributed by atoms with E-state index in [1.54, 1.807) is 0 Å². The molecule has 4 aliphatic rings.